The third-order valence-corrected chi connectivity index (χ3v) is 9.02. The van der Waals surface area contributed by atoms with Gasteiger partial charge in [-0.05, 0) is 74.5 Å². The molecule has 4 atom stereocenters. The minimum Gasteiger partial charge on any atom is -0.348 e. The molecule has 0 saturated heterocycles. The van der Waals surface area contributed by atoms with Crippen LogP contribution in [0.2, 0.25) is 0 Å². The number of fused-ring (bicyclic) bond motifs is 3. The predicted octanol–water partition coefficient (Wildman–Crippen LogP) is 5.07. The van der Waals surface area contributed by atoms with Gasteiger partial charge in [-0.1, -0.05) is 40.0 Å². The summed E-state index contributed by atoms with van der Waals surface area (Å²) in [6.07, 6.45) is 13.5. The van der Waals surface area contributed by atoms with Crippen LogP contribution in [0.3, 0.4) is 0 Å². The molecule has 0 radical (unpaired) electrons. The Bertz CT molecular complexity index is 758. The SMILES string of the molecule is C[C@@H]1[C@@H](NC(=O)c2nn(C3CCCCC3)c3c2CCCC3)C[C@H]2C[C@@H]1C2(C)C. The highest BCUT2D eigenvalue weighted by molar-refractivity contribution is 5.94. The highest BCUT2D eigenvalue weighted by Gasteiger charge is 2.56. The maximum absolute atomic E-state index is 13.3. The molecule has 1 aromatic heterocycles. The summed E-state index contributed by atoms with van der Waals surface area (Å²) >= 11 is 0. The van der Waals surface area contributed by atoms with Crippen molar-refractivity contribution in [2.24, 2.45) is 23.2 Å². The second kappa shape index (κ2) is 6.88. The van der Waals surface area contributed by atoms with Crippen molar-refractivity contribution in [3.05, 3.63) is 17.0 Å². The number of carbonyl (C=O) groups excluding carboxylic acids is 1. The maximum atomic E-state index is 13.3. The largest absolute Gasteiger partial charge is 0.348 e. The molecule has 4 saturated carbocycles. The molecule has 28 heavy (non-hydrogen) atoms. The lowest BCUT2D eigenvalue weighted by Crippen LogP contribution is -2.60. The van der Waals surface area contributed by atoms with E-state index in [1.54, 1.807) is 0 Å². The lowest BCUT2D eigenvalue weighted by atomic mass is 9.45. The van der Waals surface area contributed by atoms with Crippen LogP contribution in [0.1, 0.15) is 106 Å². The molecule has 1 amide bonds. The number of hydrogen-bond donors (Lipinski definition) is 1. The van der Waals surface area contributed by atoms with Crippen LogP contribution in [0.4, 0.5) is 0 Å². The number of rotatable bonds is 3. The van der Waals surface area contributed by atoms with E-state index in [0.29, 0.717) is 23.4 Å². The third-order valence-electron chi connectivity index (χ3n) is 9.02. The van der Waals surface area contributed by atoms with E-state index < -0.39 is 0 Å². The number of aromatic nitrogens is 2. The summed E-state index contributed by atoms with van der Waals surface area (Å²) in [6, 6.07) is 0.840. The number of carbonyl (C=O) groups is 1. The van der Waals surface area contributed by atoms with Crippen molar-refractivity contribution < 1.29 is 4.79 Å². The van der Waals surface area contributed by atoms with Gasteiger partial charge >= 0.3 is 0 Å². The van der Waals surface area contributed by atoms with E-state index in [1.165, 1.54) is 62.6 Å². The van der Waals surface area contributed by atoms with Gasteiger partial charge in [0, 0.05) is 17.3 Å². The lowest BCUT2D eigenvalue weighted by Gasteiger charge is -2.62. The Morgan fingerprint density at radius 1 is 1.07 bits per heavy atom. The van der Waals surface area contributed by atoms with Gasteiger partial charge in [0.1, 0.15) is 0 Å². The first kappa shape index (κ1) is 18.7. The summed E-state index contributed by atoms with van der Waals surface area (Å²) < 4.78 is 2.29. The summed E-state index contributed by atoms with van der Waals surface area (Å²) in [4.78, 5) is 13.3. The summed E-state index contributed by atoms with van der Waals surface area (Å²) in [6.45, 7) is 7.19. The molecule has 0 spiro atoms. The van der Waals surface area contributed by atoms with Crippen molar-refractivity contribution >= 4 is 5.91 Å². The zero-order valence-corrected chi connectivity index (χ0v) is 18.0. The van der Waals surface area contributed by atoms with Gasteiger partial charge in [-0.3, -0.25) is 9.48 Å². The van der Waals surface area contributed by atoms with Gasteiger partial charge in [0.25, 0.3) is 5.91 Å². The minimum atomic E-state index is 0.101. The normalized spacial score (nSPS) is 34.4. The molecule has 4 fully saturated rings. The van der Waals surface area contributed by atoms with Gasteiger partial charge in [-0.25, -0.2) is 0 Å². The van der Waals surface area contributed by atoms with Gasteiger partial charge < -0.3 is 5.32 Å². The first-order chi connectivity index (χ1) is 13.5. The van der Waals surface area contributed by atoms with Gasteiger partial charge in [-0.15, -0.1) is 0 Å². The molecule has 5 aliphatic carbocycles. The summed E-state index contributed by atoms with van der Waals surface area (Å²) in [5, 5.41) is 8.40. The number of hydrogen-bond acceptors (Lipinski definition) is 2. The van der Waals surface area contributed by atoms with Crippen molar-refractivity contribution in [2.45, 2.75) is 103 Å². The van der Waals surface area contributed by atoms with Crippen LogP contribution in [-0.4, -0.2) is 21.7 Å². The molecule has 6 rings (SSSR count). The van der Waals surface area contributed by atoms with Gasteiger partial charge in [0.2, 0.25) is 0 Å². The summed E-state index contributed by atoms with van der Waals surface area (Å²) in [5.41, 5.74) is 3.86. The Kier molecular flexibility index (Phi) is 4.59. The zero-order valence-electron chi connectivity index (χ0n) is 18.0. The average molecular weight is 384 g/mol. The fourth-order valence-corrected chi connectivity index (χ4v) is 7.01. The first-order valence-corrected chi connectivity index (χ1v) is 11.9. The van der Waals surface area contributed by atoms with Crippen LogP contribution in [0, 0.1) is 23.2 Å². The molecular formula is C24H37N3O. The standard InChI is InChI=1S/C24H37N3O/c1-15-19-13-16(24(19,2)3)14-20(15)25-23(28)22-18-11-7-8-12-21(18)27(26-22)17-9-5-4-6-10-17/h15-17,19-20H,4-14H2,1-3H3,(H,25,28)/t15-,16+,19-,20-/m0/s1. The van der Waals surface area contributed by atoms with Crippen LogP contribution in [0.25, 0.3) is 0 Å². The van der Waals surface area contributed by atoms with Crippen LogP contribution in [0.5, 0.6) is 0 Å². The number of nitrogens with zero attached hydrogens (tertiary/aromatic N) is 2. The maximum Gasteiger partial charge on any atom is 0.272 e. The van der Waals surface area contributed by atoms with E-state index in [2.05, 4.69) is 30.8 Å². The lowest BCUT2D eigenvalue weighted by molar-refractivity contribution is -0.113. The molecular weight excluding hydrogens is 346 g/mol. The fraction of sp³-hybridized carbons (Fsp3) is 0.833. The van der Waals surface area contributed by atoms with E-state index in [-0.39, 0.29) is 5.91 Å². The third kappa shape index (κ3) is 2.85. The monoisotopic (exact) mass is 383 g/mol. The van der Waals surface area contributed by atoms with Crippen molar-refractivity contribution in [3.8, 4) is 0 Å². The zero-order chi connectivity index (χ0) is 19.5. The molecule has 0 aromatic carbocycles. The van der Waals surface area contributed by atoms with Gasteiger partial charge in [0.15, 0.2) is 5.69 Å². The molecule has 154 valence electrons. The molecule has 0 unspecified atom stereocenters. The molecule has 1 heterocycles. The predicted molar refractivity (Wildman–Crippen MR) is 111 cm³/mol. The Hall–Kier alpha value is -1.32. The smallest absolute Gasteiger partial charge is 0.272 e. The van der Waals surface area contributed by atoms with Gasteiger partial charge in [0.05, 0.1) is 6.04 Å². The van der Waals surface area contributed by atoms with E-state index in [9.17, 15) is 4.79 Å². The Morgan fingerprint density at radius 2 is 1.82 bits per heavy atom. The molecule has 4 heteroatoms. The highest BCUT2D eigenvalue weighted by Crippen LogP contribution is 2.61. The Labute approximate surface area is 169 Å². The van der Waals surface area contributed by atoms with Crippen LogP contribution < -0.4 is 5.32 Å². The van der Waals surface area contributed by atoms with E-state index in [0.717, 1.165) is 36.8 Å². The number of nitrogens with one attached hydrogen (secondary N) is 1. The van der Waals surface area contributed by atoms with Gasteiger partial charge in [-0.2, -0.15) is 5.10 Å². The topological polar surface area (TPSA) is 46.9 Å². The molecule has 4 nitrogen and oxygen atoms in total. The van der Waals surface area contributed by atoms with E-state index >= 15 is 0 Å². The van der Waals surface area contributed by atoms with E-state index in [1.807, 2.05) is 0 Å². The molecule has 1 N–H and O–H groups in total. The van der Waals surface area contributed by atoms with Crippen LogP contribution >= 0.6 is 0 Å². The van der Waals surface area contributed by atoms with Crippen molar-refractivity contribution in [2.75, 3.05) is 0 Å². The van der Waals surface area contributed by atoms with Crippen LogP contribution in [-0.2, 0) is 12.8 Å². The van der Waals surface area contributed by atoms with Crippen molar-refractivity contribution in [1.29, 1.82) is 0 Å². The van der Waals surface area contributed by atoms with E-state index in [4.69, 9.17) is 5.10 Å². The molecule has 1 aromatic rings. The van der Waals surface area contributed by atoms with Crippen LogP contribution in [0.15, 0.2) is 0 Å². The molecule has 5 aliphatic rings. The second-order valence-electron chi connectivity index (χ2n) is 10.8. The second-order valence-corrected chi connectivity index (χ2v) is 10.8. The Balaban J connectivity index is 1.37. The summed E-state index contributed by atoms with van der Waals surface area (Å²) in [5.74, 6) is 2.20. The van der Waals surface area contributed by atoms with Crippen molar-refractivity contribution in [3.63, 3.8) is 0 Å². The number of amides is 1. The first-order valence-electron chi connectivity index (χ1n) is 11.9. The summed E-state index contributed by atoms with van der Waals surface area (Å²) in [7, 11) is 0. The highest BCUT2D eigenvalue weighted by atomic mass is 16.2. The minimum absolute atomic E-state index is 0.101. The molecule has 2 bridgehead atoms. The van der Waals surface area contributed by atoms with Crippen molar-refractivity contribution in [1.82, 2.24) is 15.1 Å². The molecule has 0 aliphatic heterocycles. The quantitative estimate of drug-likeness (QED) is 0.792. The Morgan fingerprint density at radius 3 is 2.54 bits per heavy atom. The fourth-order valence-electron chi connectivity index (χ4n) is 7.01. The average Bonchev–Trinajstić information content (AvgIpc) is 3.09.